The van der Waals surface area contributed by atoms with Crippen LogP contribution < -0.4 is 0 Å². The van der Waals surface area contributed by atoms with Crippen LogP contribution in [0.2, 0.25) is 5.02 Å². The second-order valence-electron chi connectivity index (χ2n) is 5.88. The molecule has 1 aromatic carbocycles. The van der Waals surface area contributed by atoms with Crippen molar-refractivity contribution < 1.29 is 14.3 Å². The molecule has 0 saturated carbocycles. The van der Waals surface area contributed by atoms with E-state index in [1.165, 1.54) is 0 Å². The summed E-state index contributed by atoms with van der Waals surface area (Å²) in [7, 11) is 0. The van der Waals surface area contributed by atoms with E-state index in [2.05, 4.69) is 0 Å². The van der Waals surface area contributed by atoms with Crippen molar-refractivity contribution in [3.8, 4) is 0 Å². The van der Waals surface area contributed by atoms with Crippen molar-refractivity contribution in [3.05, 3.63) is 34.9 Å². The monoisotopic (exact) mass is 282 g/mol. The Balaban J connectivity index is 1.83. The summed E-state index contributed by atoms with van der Waals surface area (Å²) >= 11 is 5.81. The topological polar surface area (TPSA) is 38.8 Å². The van der Waals surface area contributed by atoms with Crippen LogP contribution >= 0.6 is 11.6 Å². The fraction of sp³-hybridized carbons (Fsp3) is 0.533. The molecule has 1 aliphatic rings. The molecular formula is C15H19ClO3. The highest BCUT2D eigenvalue weighted by Gasteiger charge is 2.61. The maximum absolute atomic E-state index is 12.0. The molecule has 1 atom stereocenters. The van der Waals surface area contributed by atoms with Crippen LogP contribution in [0.3, 0.4) is 0 Å². The third-order valence-electron chi connectivity index (χ3n) is 3.51. The molecule has 4 heteroatoms. The van der Waals surface area contributed by atoms with E-state index in [-0.39, 0.29) is 11.4 Å². The second kappa shape index (κ2) is 5.14. The van der Waals surface area contributed by atoms with Crippen molar-refractivity contribution in [1.29, 1.82) is 0 Å². The van der Waals surface area contributed by atoms with Gasteiger partial charge in [0, 0.05) is 16.9 Å². The molecule has 0 radical (unpaired) electrons. The molecule has 0 bridgehead atoms. The van der Waals surface area contributed by atoms with E-state index >= 15 is 0 Å². The zero-order chi connectivity index (χ0) is 14.1. The van der Waals surface area contributed by atoms with Gasteiger partial charge < -0.3 is 9.47 Å². The van der Waals surface area contributed by atoms with E-state index < -0.39 is 5.60 Å². The Kier molecular flexibility index (Phi) is 3.88. The van der Waals surface area contributed by atoms with Crippen molar-refractivity contribution in [2.45, 2.75) is 32.8 Å². The van der Waals surface area contributed by atoms with Gasteiger partial charge in [-0.15, -0.1) is 0 Å². The lowest BCUT2D eigenvalue weighted by molar-refractivity contribution is -0.154. The van der Waals surface area contributed by atoms with Crippen LogP contribution in [0.15, 0.2) is 24.3 Å². The molecule has 0 spiro atoms. The van der Waals surface area contributed by atoms with Gasteiger partial charge in [0.25, 0.3) is 0 Å². The number of halogens is 1. The van der Waals surface area contributed by atoms with Crippen LogP contribution in [-0.4, -0.2) is 24.8 Å². The molecule has 0 aromatic heterocycles. The minimum Gasteiger partial charge on any atom is -0.463 e. The quantitative estimate of drug-likeness (QED) is 0.629. The van der Waals surface area contributed by atoms with Crippen molar-refractivity contribution >= 4 is 17.6 Å². The minimum atomic E-state index is -0.743. The zero-order valence-corrected chi connectivity index (χ0v) is 12.3. The molecular weight excluding hydrogens is 264 g/mol. The molecule has 0 aliphatic carbocycles. The number of rotatable bonds is 4. The van der Waals surface area contributed by atoms with Crippen LogP contribution in [0, 0.1) is 5.41 Å². The van der Waals surface area contributed by atoms with Crippen molar-refractivity contribution in [1.82, 2.24) is 0 Å². The van der Waals surface area contributed by atoms with Crippen LogP contribution in [0.5, 0.6) is 0 Å². The predicted octanol–water partition coefficient (Wildman–Crippen LogP) is 3.24. The van der Waals surface area contributed by atoms with Crippen LogP contribution in [0.4, 0.5) is 0 Å². The lowest BCUT2D eigenvalue weighted by atomic mass is 9.81. The Labute approximate surface area is 118 Å². The molecule has 0 amide bonds. The van der Waals surface area contributed by atoms with Gasteiger partial charge in [0.15, 0.2) is 5.60 Å². The smallest absolute Gasteiger partial charge is 0.341 e. The van der Waals surface area contributed by atoms with Gasteiger partial charge in [-0.1, -0.05) is 44.5 Å². The van der Waals surface area contributed by atoms with Gasteiger partial charge in [-0.25, -0.2) is 4.79 Å². The normalized spacial score (nSPS) is 22.1. The molecule has 1 aromatic rings. The third kappa shape index (κ3) is 3.10. The number of carbonyl (C=O) groups excluding carboxylic acids is 1. The summed E-state index contributed by atoms with van der Waals surface area (Å²) in [4.78, 5) is 12.0. The summed E-state index contributed by atoms with van der Waals surface area (Å²) < 4.78 is 10.7. The third-order valence-corrected chi connectivity index (χ3v) is 3.76. The van der Waals surface area contributed by atoms with Crippen LogP contribution in [0.25, 0.3) is 0 Å². The lowest BCUT2D eigenvalue weighted by Crippen LogP contribution is -2.40. The van der Waals surface area contributed by atoms with E-state index in [0.29, 0.717) is 24.7 Å². The molecule has 3 nitrogen and oxygen atoms in total. The number of esters is 1. The number of hydrogen-bond acceptors (Lipinski definition) is 3. The summed E-state index contributed by atoms with van der Waals surface area (Å²) in [6, 6.07) is 7.53. The highest BCUT2D eigenvalue weighted by Crippen LogP contribution is 2.45. The Morgan fingerprint density at radius 1 is 1.37 bits per heavy atom. The average Bonchev–Trinajstić information content (AvgIpc) is 3.12. The van der Waals surface area contributed by atoms with Gasteiger partial charge in [-0.3, -0.25) is 0 Å². The largest absolute Gasteiger partial charge is 0.463 e. The molecule has 1 aliphatic heterocycles. The maximum atomic E-state index is 12.0. The Hall–Kier alpha value is -1.06. The zero-order valence-electron chi connectivity index (χ0n) is 11.5. The number of epoxide rings is 1. The number of ether oxygens (including phenoxy) is 2. The molecule has 1 heterocycles. The number of hydrogen-bond donors (Lipinski definition) is 0. The lowest BCUT2D eigenvalue weighted by Gasteiger charge is -2.25. The SMILES string of the molecule is CC(C)(C)C1(C(=O)OCCc2ccc(Cl)cc2)CO1. The molecule has 1 saturated heterocycles. The summed E-state index contributed by atoms with van der Waals surface area (Å²) in [6.07, 6.45) is 0.684. The van der Waals surface area contributed by atoms with Gasteiger partial charge in [0.2, 0.25) is 0 Å². The molecule has 1 fully saturated rings. The molecule has 0 N–H and O–H groups in total. The molecule has 19 heavy (non-hydrogen) atoms. The number of benzene rings is 1. The Bertz CT molecular complexity index is 455. The summed E-state index contributed by atoms with van der Waals surface area (Å²) in [5, 5.41) is 0.707. The van der Waals surface area contributed by atoms with E-state index in [1.807, 2.05) is 45.0 Å². The first kappa shape index (κ1) is 14.4. The van der Waals surface area contributed by atoms with E-state index in [1.54, 1.807) is 0 Å². The highest BCUT2D eigenvalue weighted by atomic mass is 35.5. The van der Waals surface area contributed by atoms with Gasteiger partial charge in [0.05, 0.1) is 13.2 Å². The molecule has 104 valence electrons. The van der Waals surface area contributed by atoms with Gasteiger partial charge in [0.1, 0.15) is 0 Å². The maximum Gasteiger partial charge on any atom is 0.341 e. The predicted molar refractivity (Wildman–Crippen MR) is 74.3 cm³/mol. The van der Waals surface area contributed by atoms with Crippen molar-refractivity contribution in [3.63, 3.8) is 0 Å². The molecule has 2 rings (SSSR count). The highest BCUT2D eigenvalue weighted by molar-refractivity contribution is 6.30. The van der Waals surface area contributed by atoms with Gasteiger partial charge in [-0.2, -0.15) is 0 Å². The standard InChI is InChI=1S/C15H19ClO3/c1-14(2,3)15(10-19-15)13(17)18-9-8-11-4-6-12(16)7-5-11/h4-7H,8-10H2,1-3H3. The molecule has 1 unspecified atom stereocenters. The van der Waals surface area contributed by atoms with Crippen molar-refractivity contribution in [2.24, 2.45) is 5.41 Å². The van der Waals surface area contributed by atoms with E-state index in [9.17, 15) is 4.79 Å². The number of carbonyl (C=O) groups is 1. The minimum absolute atomic E-state index is 0.232. The fourth-order valence-electron chi connectivity index (χ4n) is 1.96. The first-order valence-electron chi connectivity index (χ1n) is 6.41. The first-order chi connectivity index (χ1) is 8.85. The Morgan fingerprint density at radius 2 is 1.95 bits per heavy atom. The van der Waals surface area contributed by atoms with Gasteiger partial charge in [-0.05, 0) is 17.7 Å². The Morgan fingerprint density at radius 3 is 2.42 bits per heavy atom. The van der Waals surface area contributed by atoms with Gasteiger partial charge >= 0.3 is 5.97 Å². The van der Waals surface area contributed by atoms with Crippen LogP contribution in [0.1, 0.15) is 26.3 Å². The summed E-state index contributed by atoms with van der Waals surface area (Å²) in [5.74, 6) is -0.256. The van der Waals surface area contributed by atoms with E-state index in [0.717, 1.165) is 5.56 Å². The van der Waals surface area contributed by atoms with Crippen molar-refractivity contribution in [2.75, 3.05) is 13.2 Å². The fourth-order valence-corrected chi connectivity index (χ4v) is 2.08. The summed E-state index contributed by atoms with van der Waals surface area (Å²) in [5.41, 5.74) is 0.121. The van der Waals surface area contributed by atoms with Crippen LogP contribution in [-0.2, 0) is 20.7 Å². The second-order valence-corrected chi connectivity index (χ2v) is 6.31. The average molecular weight is 283 g/mol. The first-order valence-corrected chi connectivity index (χ1v) is 6.79. The van der Waals surface area contributed by atoms with E-state index in [4.69, 9.17) is 21.1 Å². The summed E-state index contributed by atoms with van der Waals surface area (Å²) in [6.45, 7) is 6.78.